The number of rotatable bonds is 6. The summed E-state index contributed by atoms with van der Waals surface area (Å²) in [7, 11) is 0. The number of nitrogens with two attached hydrogens (primary N) is 2. The SMILES string of the molecule is CC(C)C[C@](C)(N)COc1ccc(-c2cc(N)nc3ccnn23)c(F)c1. The first kappa shape index (κ1) is 18.1. The topological polar surface area (TPSA) is 91.5 Å². The Hall–Kier alpha value is -2.67. The molecule has 2 heterocycles. The van der Waals surface area contributed by atoms with Gasteiger partial charge in [0, 0.05) is 29.3 Å². The number of anilines is 1. The van der Waals surface area contributed by atoms with Crippen molar-refractivity contribution in [1.29, 1.82) is 0 Å². The first-order valence-electron chi connectivity index (χ1n) is 8.57. The number of halogens is 1. The van der Waals surface area contributed by atoms with Crippen LogP contribution in [0.5, 0.6) is 5.75 Å². The molecule has 2 aromatic heterocycles. The summed E-state index contributed by atoms with van der Waals surface area (Å²) in [5.41, 5.74) is 13.1. The van der Waals surface area contributed by atoms with Crippen LogP contribution < -0.4 is 16.2 Å². The van der Waals surface area contributed by atoms with Gasteiger partial charge in [-0.05, 0) is 31.4 Å². The maximum absolute atomic E-state index is 14.7. The van der Waals surface area contributed by atoms with Gasteiger partial charge in [0.05, 0.1) is 11.9 Å². The molecule has 0 saturated carbocycles. The summed E-state index contributed by atoms with van der Waals surface area (Å²) in [6.45, 7) is 6.47. The van der Waals surface area contributed by atoms with Gasteiger partial charge in [-0.25, -0.2) is 13.9 Å². The van der Waals surface area contributed by atoms with Crippen molar-refractivity contribution >= 4 is 11.5 Å². The molecule has 26 heavy (non-hydrogen) atoms. The molecule has 0 radical (unpaired) electrons. The van der Waals surface area contributed by atoms with Crippen LogP contribution in [0.4, 0.5) is 10.2 Å². The van der Waals surface area contributed by atoms with E-state index in [0.29, 0.717) is 41.0 Å². The minimum Gasteiger partial charge on any atom is -0.492 e. The predicted octanol–water partition coefficient (Wildman–Crippen LogP) is 3.26. The minimum atomic E-state index is -0.468. The molecule has 1 atom stereocenters. The molecule has 0 unspecified atom stereocenters. The van der Waals surface area contributed by atoms with E-state index in [0.717, 1.165) is 6.42 Å². The van der Waals surface area contributed by atoms with Crippen LogP contribution in [0.1, 0.15) is 27.2 Å². The number of benzene rings is 1. The van der Waals surface area contributed by atoms with Crippen LogP contribution in [0.3, 0.4) is 0 Å². The molecule has 0 saturated heterocycles. The van der Waals surface area contributed by atoms with Gasteiger partial charge in [-0.15, -0.1) is 0 Å². The highest BCUT2D eigenvalue weighted by Gasteiger charge is 2.21. The third-order valence-corrected chi connectivity index (χ3v) is 4.04. The van der Waals surface area contributed by atoms with E-state index in [1.807, 2.05) is 6.92 Å². The van der Waals surface area contributed by atoms with E-state index in [2.05, 4.69) is 23.9 Å². The Morgan fingerprint density at radius 1 is 1.27 bits per heavy atom. The molecular weight excluding hydrogens is 333 g/mol. The molecule has 0 aliphatic rings. The fourth-order valence-electron chi connectivity index (χ4n) is 3.16. The van der Waals surface area contributed by atoms with E-state index in [-0.39, 0.29) is 0 Å². The van der Waals surface area contributed by atoms with Crippen LogP contribution in [-0.2, 0) is 0 Å². The average molecular weight is 357 g/mol. The second-order valence-electron chi connectivity index (χ2n) is 7.35. The van der Waals surface area contributed by atoms with Crippen LogP contribution >= 0.6 is 0 Å². The first-order chi connectivity index (χ1) is 12.2. The van der Waals surface area contributed by atoms with Gasteiger partial charge in [-0.1, -0.05) is 13.8 Å². The summed E-state index contributed by atoms with van der Waals surface area (Å²) in [5.74, 6) is 0.777. The number of hydrogen-bond donors (Lipinski definition) is 2. The zero-order chi connectivity index (χ0) is 18.9. The molecule has 4 N–H and O–H groups in total. The van der Waals surface area contributed by atoms with Crippen molar-refractivity contribution in [3.05, 3.63) is 42.3 Å². The summed E-state index contributed by atoms with van der Waals surface area (Å²) >= 11 is 0. The zero-order valence-electron chi connectivity index (χ0n) is 15.2. The normalized spacial score (nSPS) is 13.9. The van der Waals surface area contributed by atoms with Crippen molar-refractivity contribution in [3.63, 3.8) is 0 Å². The zero-order valence-corrected chi connectivity index (χ0v) is 15.2. The smallest absolute Gasteiger partial charge is 0.158 e. The van der Waals surface area contributed by atoms with Crippen LogP contribution in [0.15, 0.2) is 36.5 Å². The van der Waals surface area contributed by atoms with Crippen molar-refractivity contribution in [2.24, 2.45) is 11.7 Å². The molecule has 0 amide bonds. The first-order valence-corrected chi connectivity index (χ1v) is 8.57. The molecule has 3 rings (SSSR count). The minimum absolute atomic E-state index is 0.306. The number of ether oxygens (including phenoxy) is 1. The van der Waals surface area contributed by atoms with Crippen molar-refractivity contribution in [3.8, 4) is 17.0 Å². The third-order valence-electron chi connectivity index (χ3n) is 4.04. The molecule has 138 valence electrons. The van der Waals surface area contributed by atoms with Crippen LogP contribution in [0.2, 0.25) is 0 Å². The van der Waals surface area contributed by atoms with Gasteiger partial charge in [-0.3, -0.25) is 0 Å². The fourth-order valence-corrected chi connectivity index (χ4v) is 3.16. The molecule has 0 aliphatic carbocycles. The Morgan fingerprint density at radius 3 is 2.73 bits per heavy atom. The van der Waals surface area contributed by atoms with Gasteiger partial charge in [0.15, 0.2) is 5.65 Å². The van der Waals surface area contributed by atoms with Gasteiger partial charge in [0.25, 0.3) is 0 Å². The van der Waals surface area contributed by atoms with E-state index in [1.165, 1.54) is 6.07 Å². The van der Waals surface area contributed by atoms with Gasteiger partial charge in [0.2, 0.25) is 0 Å². The van der Waals surface area contributed by atoms with Crippen molar-refractivity contribution in [1.82, 2.24) is 14.6 Å². The number of nitrogens with zero attached hydrogens (tertiary/aromatic N) is 3. The lowest BCUT2D eigenvalue weighted by Crippen LogP contribution is -2.43. The monoisotopic (exact) mass is 357 g/mol. The number of aromatic nitrogens is 3. The second-order valence-corrected chi connectivity index (χ2v) is 7.35. The lowest BCUT2D eigenvalue weighted by atomic mass is 9.93. The highest BCUT2D eigenvalue weighted by molar-refractivity contribution is 5.67. The van der Waals surface area contributed by atoms with Crippen LogP contribution in [0.25, 0.3) is 16.9 Å². The maximum atomic E-state index is 14.7. The number of hydrogen-bond acceptors (Lipinski definition) is 5. The van der Waals surface area contributed by atoms with Crippen molar-refractivity contribution in [2.75, 3.05) is 12.3 Å². The summed E-state index contributed by atoms with van der Waals surface area (Å²) < 4.78 is 22.0. The third kappa shape index (κ3) is 3.94. The predicted molar refractivity (Wildman–Crippen MR) is 100 cm³/mol. The fraction of sp³-hybridized carbons (Fsp3) is 0.368. The van der Waals surface area contributed by atoms with E-state index in [4.69, 9.17) is 16.2 Å². The number of fused-ring (bicyclic) bond motifs is 1. The Bertz CT molecular complexity index is 919. The standard InChI is InChI=1S/C19H24FN5O/c1-12(2)10-19(3,22)11-26-13-4-5-14(15(20)8-13)16-9-17(21)24-18-6-7-23-25(16)18/h4-9,12H,10-11,22H2,1-3H3,(H2,21,24)/t19-/m0/s1. The largest absolute Gasteiger partial charge is 0.492 e. The molecule has 6 nitrogen and oxygen atoms in total. The highest BCUT2D eigenvalue weighted by atomic mass is 19.1. The van der Waals surface area contributed by atoms with E-state index < -0.39 is 11.4 Å². The van der Waals surface area contributed by atoms with Gasteiger partial charge in [-0.2, -0.15) is 5.10 Å². The maximum Gasteiger partial charge on any atom is 0.158 e. The molecule has 3 aromatic rings. The van der Waals surface area contributed by atoms with Gasteiger partial charge in [0.1, 0.15) is 24.0 Å². The van der Waals surface area contributed by atoms with E-state index in [1.54, 1.807) is 35.0 Å². The average Bonchev–Trinajstić information content (AvgIpc) is 2.99. The summed E-state index contributed by atoms with van der Waals surface area (Å²) in [6, 6.07) is 8.03. The molecule has 0 spiro atoms. The Morgan fingerprint density at radius 2 is 2.04 bits per heavy atom. The number of nitrogen functional groups attached to an aromatic ring is 1. The molecule has 1 aromatic carbocycles. The highest BCUT2D eigenvalue weighted by Crippen LogP contribution is 2.28. The summed E-state index contributed by atoms with van der Waals surface area (Å²) in [5, 5.41) is 4.18. The van der Waals surface area contributed by atoms with Crippen LogP contribution in [-0.4, -0.2) is 26.7 Å². The molecule has 7 heteroatoms. The van der Waals surface area contributed by atoms with E-state index >= 15 is 0 Å². The van der Waals surface area contributed by atoms with Crippen LogP contribution in [0, 0.1) is 11.7 Å². The quantitative estimate of drug-likeness (QED) is 0.706. The lowest BCUT2D eigenvalue weighted by molar-refractivity contribution is 0.206. The molecule has 0 fully saturated rings. The van der Waals surface area contributed by atoms with Crippen molar-refractivity contribution in [2.45, 2.75) is 32.7 Å². The van der Waals surface area contributed by atoms with Gasteiger partial charge >= 0.3 is 0 Å². The Balaban J connectivity index is 1.85. The molecule has 0 bridgehead atoms. The Labute approximate surface area is 152 Å². The van der Waals surface area contributed by atoms with Gasteiger partial charge < -0.3 is 16.2 Å². The second kappa shape index (κ2) is 6.92. The van der Waals surface area contributed by atoms with Crippen molar-refractivity contribution < 1.29 is 9.13 Å². The summed E-state index contributed by atoms with van der Waals surface area (Å²) in [4.78, 5) is 4.17. The lowest BCUT2D eigenvalue weighted by Gasteiger charge is -2.26. The van der Waals surface area contributed by atoms with E-state index in [9.17, 15) is 4.39 Å². The molecule has 0 aliphatic heterocycles. The molecular formula is C19H24FN5O. The Kier molecular flexibility index (Phi) is 4.82. The summed E-state index contributed by atoms with van der Waals surface area (Å²) in [6.07, 6.45) is 2.42.